The first kappa shape index (κ1) is 29.8. The van der Waals surface area contributed by atoms with Crippen molar-refractivity contribution in [3.05, 3.63) is 119 Å². The van der Waals surface area contributed by atoms with Crippen LogP contribution < -0.4 is 0 Å². The molecular formula is C33H24O4Ti. The average Bonchev–Trinajstić information content (AvgIpc) is 3.53. The average molecular weight is 532 g/mol. The molecule has 4 aromatic carbocycles. The van der Waals surface area contributed by atoms with E-state index >= 15 is 0 Å². The normalized spacial score (nSPS) is 10.0. The van der Waals surface area contributed by atoms with E-state index in [1.54, 1.807) is 20.0 Å². The van der Waals surface area contributed by atoms with E-state index in [2.05, 4.69) is 103 Å². The fourth-order valence-corrected chi connectivity index (χ4v) is 4.00. The topological polar surface area (TPSA) is 74.6 Å². The number of aliphatic carboxylic acids is 2. The summed E-state index contributed by atoms with van der Waals surface area (Å²) < 4.78 is 0. The molecule has 4 nitrogen and oxygen atoms in total. The van der Waals surface area contributed by atoms with Crippen molar-refractivity contribution in [2.75, 3.05) is 0 Å². The van der Waals surface area contributed by atoms with Crippen molar-refractivity contribution in [1.82, 2.24) is 0 Å². The molecule has 0 bridgehead atoms. The van der Waals surface area contributed by atoms with Gasteiger partial charge in [0.2, 0.25) is 0 Å². The number of carboxylic acid groups (broad SMARTS) is 2. The van der Waals surface area contributed by atoms with Gasteiger partial charge in [-0.2, -0.15) is 59.7 Å². The summed E-state index contributed by atoms with van der Waals surface area (Å²) in [5, 5.41) is 15.0. The maximum atomic E-state index is 9.13. The van der Waals surface area contributed by atoms with E-state index in [0.29, 0.717) is 0 Å². The van der Waals surface area contributed by atoms with Crippen molar-refractivity contribution in [1.29, 1.82) is 0 Å². The number of hydrogen-bond donors (Lipinski definition) is 2. The summed E-state index contributed by atoms with van der Waals surface area (Å²) >= 11 is 1.75. The van der Waals surface area contributed by atoms with Crippen LogP contribution in [0.15, 0.2) is 84.9 Å². The zero-order chi connectivity index (χ0) is 27.9. The molecule has 0 spiro atoms. The van der Waals surface area contributed by atoms with Crippen molar-refractivity contribution in [3.8, 4) is 46.9 Å². The molecule has 0 atom stereocenters. The van der Waals surface area contributed by atoms with Crippen molar-refractivity contribution >= 4 is 16.8 Å². The minimum Gasteiger partial charge on any atom is -0.179 e. The number of fused-ring (bicyclic) bond motifs is 6. The summed E-state index contributed by atoms with van der Waals surface area (Å²) in [7, 11) is 0. The Kier molecular flexibility index (Phi) is 12.2. The molecule has 0 amide bonds. The number of benzene rings is 4. The number of carbonyl (C=O) groups is 2. The second-order valence-corrected chi connectivity index (χ2v) is 7.69. The standard InChI is InChI=1S/2C13H9.2C3H2O2.CH2.Ti/c2*1-3-7-12-10(5-1)9-11-6-2-4-8-13(11)12;2*1-2-3(4)5;;/h2*1-5,7-8H,9H2;2*1H,(H,4,5);1H2;/q2*-1;;;;+2. The molecule has 4 aromatic rings. The van der Waals surface area contributed by atoms with Gasteiger partial charge in [-0.25, -0.2) is 9.59 Å². The van der Waals surface area contributed by atoms with Crippen LogP contribution in [-0.4, -0.2) is 27.0 Å². The Bertz CT molecular complexity index is 1290. The molecule has 6 rings (SSSR count). The molecule has 2 aliphatic carbocycles. The first-order valence-corrected chi connectivity index (χ1v) is 12.4. The van der Waals surface area contributed by atoms with E-state index < -0.39 is 11.9 Å². The first-order valence-electron chi connectivity index (χ1n) is 11.3. The van der Waals surface area contributed by atoms with Crippen LogP contribution >= 0.6 is 0 Å². The largest absolute Gasteiger partial charge is 0.179 e. The third-order valence-corrected chi connectivity index (χ3v) is 5.48. The van der Waals surface area contributed by atoms with E-state index in [1.807, 2.05) is 12.1 Å². The summed E-state index contributed by atoms with van der Waals surface area (Å²) in [4.78, 5) is 21.5. The molecule has 5 heteroatoms. The van der Waals surface area contributed by atoms with Gasteiger partial charge in [-0.15, -0.1) is 24.0 Å². The number of rotatable bonds is 0. The van der Waals surface area contributed by atoms with Crippen LogP contribution in [0, 0.1) is 36.8 Å². The Labute approximate surface area is 234 Å². The van der Waals surface area contributed by atoms with Gasteiger partial charge in [-0.1, -0.05) is 70.8 Å². The summed E-state index contributed by atoms with van der Waals surface area (Å²) in [6, 6.07) is 36.2. The van der Waals surface area contributed by atoms with Gasteiger partial charge in [-0.05, 0) is 12.8 Å². The predicted molar refractivity (Wildman–Crippen MR) is 147 cm³/mol. The molecule has 0 heterocycles. The Morgan fingerprint density at radius 2 is 0.974 bits per heavy atom. The first-order chi connectivity index (χ1) is 18.4. The zero-order valence-corrected chi connectivity index (χ0v) is 22.1. The Morgan fingerprint density at radius 3 is 1.32 bits per heavy atom. The Balaban J connectivity index is 0.000000191. The number of carboxylic acids is 2. The monoisotopic (exact) mass is 532 g/mol. The molecule has 0 unspecified atom stereocenters. The van der Waals surface area contributed by atoms with Crippen LogP contribution in [0.5, 0.6) is 0 Å². The Hall–Kier alpha value is -4.48. The van der Waals surface area contributed by atoms with Crippen LogP contribution in [0.2, 0.25) is 0 Å². The van der Waals surface area contributed by atoms with Crippen molar-refractivity contribution in [2.24, 2.45) is 0 Å². The minimum absolute atomic E-state index is 1.05. The van der Waals surface area contributed by atoms with Gasteiger partial charge in [0.15, 0.2) is 0 Å². The smallest absolute Gasteiger partial charge is 0.0253 e. The van der Waals surface area contributed by atoms with Crippen LogP contribution in [0.1, 0.15) is 22.3 Å². The molecule has 2 N–H and O–H groups in total. The molecule has 38 heavy (non-hydrogen) atoms. The van der Waals surface area contributed by atoms with Gasteiger partial charge in [0.1, 0.15) is 0 Å². The minimum atomic E-state index is -1.22. The van der Waals surface area contributed by atoms with Crippen molar-refractivity contribution < 1.29 is 39.8 Å². The third-order valence-electron chi connectivity index (χ3n) is 5.48. The van der Waals surface area contributed by atoms with E-state index in [-0.39, 0.29) is 0 Å². The molecule has 0 saturated carbocycles. The SMILES string of the molecule is C#CC(=O)O.C#CC(=O)O.[CH2]=[Ti+2].[c-]1cccc2c1Cc1ccccc1-2.[c-]1cccc2c1Cc1ccccc1-2. The van der Waals surface area contributed by atoms with Crippen molar-refractivity contribution in [3.63, 3.8) is 0 Å². The maximum Gasteiger partial charge on any atom is -0.0253 e. The maximum absolute atomic E-state index is 9.13. The molecule has 0 fully saturated rings. The quantitative estimate of drug-likeness (QED) is 0.154. The van der Waals surface area contributed by atoms with Gasteiger partial charge in [0, 0.05) is 11.8 Å². The second-order valence-electron chi connectivity index (χ2n) is 7.69. The Morgan fingerprint density at radius 1 is 0.658 bits per heavy atom. The summed E-state index contributed by atoms with van der Waals surface area (Å²) in [6.07, 6.45) is 10.7. The van der Waals surface area contributed by atoms with Gasteiger partial charge < -0.3 is 10.2 Å². The zero-order valence-electron chi connectivity index (χ0n) is 20.6. The molecular weight excluding hydrogens is 508 g/mol. The van der Waals surface area contributed by atoms with E-state index in [0.717, 1.165) is 12.8 Å². The number of hydrogen-bond acceptors (Lipinski definition) is 2. The number of terminal acetylenes is 2. The molecule has 2 aliphatic rings. The molecule has 0 aromatic heterocycles. The molecule has 0 aliphatic heterocycles. The van der Waals surface area contributed by atoms with Gasteiger partial charge in [0.25, 0.3) is 0 Å². The van der Waals surface area contributed by atoms with Gasteiger partial charge in [0.05, 0.1) is 0 Å². The van der Waals surface area contributed by atoms with Crippen LogP contribution in [0.4, 0.5) is 0 Å². The second kappa shape index (κ2) is 15.6. The van der Waals surface area contributed by atoms with E-state index in [1.165, 1.54) is 56.3 Å². The predicted octanol–water partition coefficient (Wildman–Crippen LogP) is 5.49. The third kappa shape index (κ3) is 8.29. The van der Waals surface area contributed by atoms with Gasteiger partial charge in [-0.3, -0.25) is 0 Å². The summed E-state index contributed by atoms with van der Waals surface area (Å²) in [5.41, 5.74) is 11.0. The fraction of sp³-hybridized carbons (Fsp3) is 0.0606. The fourth-order valence-electron chi connectivity index (χ4n) is 4.00. The van der Waals surface area contributed by atoms with E-state index in [4.69, 9.17) is 19.8 Å². The van der Waals surface area contributed by atoms with Crippen LogP contribution in [-0.2, 0) is 42.4 Å². The van der Waals surface area contributed by atoms with Crippen LogP contribution in [0.25, 0.3) is 22.3 Å². The summed E-state index contributed by atoms with van der Waals surface area (Å²) in [5.74, 6) is 0.454. The van der Waals surface area contributed by atoms with Crippen LogP contribution in [0.3, 0.4) is 0 Å². The van der Waals surface area contributed by atoms with Gasteiger partial charge >= 0.3 is 36.7 Å². The molecule has 0 saturated heterocycles. The summed E-state index contributed by atoms with van der Waals surface area (Å²) in [6.45, 7) is 0. The molecule has 0 radical (unpaired) electrons. The van der Waals surface area contributed by atoms with E-state index in [9.17, 15) is 0 Å². The van der Waals surface area contributed by atoms with Crippen molar-refractivity contribution in [2.45, 2.75) is 12.8 Å². The molecule has 184 valence electrons.